The van der Waals surface area contributed by atoms with Crippen molar-refractivity contribution in [1.82, 2.24) is 15.5 Å². The lowest BCUT2D eigenvalue weighted by molar-refractivity contribution is -0.122. The number of hydrogen-bond acceptors (Lipinski definition) is 4. The number of rotatable bonds is 6. The van der Waals surface area contributed by atoms with E-state index in [9.17, 15) is 9.59 Å². The number of nitrogens with zero attached hydrogens (tertiary/aromatic N) is 1. The van der Waals surface area contributed by atoms with Gasteiger partial charge in [0.05, 0.1) is 0 Å². The van der Waals surface area contributed by atoms with Crippen LogP contribution in [-0.4, -0.2) is 54.9 Å². The highest BCUT2D eigenvalue weighted by Gasteiger charge is 2.29. The third-order valence-corrected chi connectivity index (χ3v) is 5.45. The van der Waals surface area contributed by atoms with Gasteiger partial charge in [0, 0.05) is 44.4 Å². The quantitative estimate of drug-likeness (QED) is 0.563. The van der Waals surface area contributed by atoms with Crippen LogP contribution in [0.4, 0.5) is 0 Å². The summed E-state index contributed by atoms with van der Waals surface area (Å²) in [6, 6.07) is 0.370. The Labute approximate surface area is 159 Å². The minimum atomic E-state index is 0.149. The average molecular weight is 364 g/mol. The van der Waals surface area contributed by atoms with E-state index in [1.165, 1.54) is 0 Å². The number of hydrogen-bond donors (Lipinski definition) is 2. The lowest BCUT2D eigenvalue weighted by Gasteiger charge is -2.39. The van der Waals surface area contributed by atoms with Crippen LogP contribution in [0.3, 0.4) is 0 Å². The number of ketones is 1. The Balaban J connectivity index is 1.97. The molecule has 2 heterocycles. The summed E-state index contributed by atoms with van der Waals surface area (Å²) in [5.41, 5.74) is 0. The Bertz CT molecular complexity index is 464. The van der Waals surface area contributed by atoms with E-state index in [1.54, 1.807) is 0 Å². The summed E-state index contributed by atoms with van der Waals surface area (Å²) < 4.78 is 0. The van der Waals surface area contributed by atoms with E-state index in [4.69, 9.17) is 0 Å². The topological polar surface area (TPSA) is 61.4 Å². The first-order chi connectivity index (χ1) is 12.7. The Morgan fingerprint density at radius 2 is 2.00 bits per heavy atom. The zero-order valence-corrected chi connectivity index (χ0v) is 16.5. The lowest BCUT2D eigenvalue weighted by Crippen LogP contribution is -2.48. The van der Waals surface area contributed by atoms with Gasteiger partial charge in [0.15, 0.2) is 0 Å². The fraction of sp³-hybridized carbons (Fsp3) is 0.810. The molecule has 0 aromatic rings. The first-order valence-electron chi connectivity index (χ1n) is 10.6. The molecule has 2 aliphatic heterocycles. The van der Waals surface area contributed by atoms with Crippen LogP contribution in [0.5, 0.6) is 0 Å². The van der Waals surface area contributed by atoms with Gasteiger partial charge in [-0.1, -0.05) is 31.9 Å². The van der Waals surface area contributed by atoms with Gasteiger partial charge in [0.25, 0.3) is 0 Å². The highest BCUT2D eigenvalue weighted by molar-refractivity contribution is 5.79. The number of fused-ring (bicyclic) bond motifs is 1. The van der Waals surface area contributed by atoms with Crippen molar-refractivity contribution in [2.24, 2.45) is 0 Å². The Morgan fingerprint density at radius 1 is 1.19 bits per heavy atom. The largest absolute Gasteiger partial charge is 0.356 e. The molecule has 5 nitrogen and oxygen atoms in total. The molecular weight excluding hydrogens is 326 g/mol. The minimum absolute atomic E-state index is 0.149. The van der Waals surface area contributed by atoms with Gasteiger partial charge in [-0.05, 0) is 45.2 Å². The summed E-state index contributed by atoms with van der Waals surface area (Å²) in [4.78, 5) is 27.1. The molecule has 0 aromatic heterocycles. The summed E-state index contributed by atoms with van der Waals surface area (Å²) >= 11 is 0. The molecule has 2 atom stereocenters. The summed E-state index contributed by atoms with van der Waals surface area (Å²) in [6.45, 7) is 5.89. The van der Waals surface area contributed by atoms with Gasteiger partial charge >= 0.3 is 0 Å². The Kier molecular flexibility index (Phi) is 9.93. The second kappa shape index (κ2) is 12.2. The highest BCUT2D eigenvalue weighted by Crippen LogP contribution is 2.23. The summed E-state index contributed by atoms with van der Waals surface area (Å²) in [5.74, 6) is 0.509. The van der Waals surface area contributed by atoms with Crippen molar-refractivity contribution >= 4 is 11.7 Å². The molecule has 0 saturated carbocycles. The molecule has 148 valence electrons. The van der Waals surface area contributed by atoms with Crippen molar-refractivity contribution in [2.45, 2.75) is 83.2 Å². The van der Waals surface area contributed by atoms with Gasteiger partial charge < -0.3 is 10.6 Å². The predicted octanol–water partition coefficient (Wildman–Crippen LogP) is 2.80. The molecule has 2 unspecified atom stereocenters. The SMILES string of the molecule is CCCCCC(=O)CC1C=CCC2CC(=O)NCCCCNCCCN12. The lowest BCUT2D eigenvalue weighted by atomic mass is 9.94. The zero-order valence-electron chi connectivity index (χ0n) is 16.5. The monoisotopic (exact) mass is 363 g/mol. The Morgan fingerprint density at radius 3 is 2.85 bits per heavy atom. The van der Waals surface area contributed by atoms with Gasteiger partial charge in [-0.3, -0.25) is 14.5 Å². The minimum Gasteiger partial charge on any atom is -0.356 e. The molecular formula is C21H37N3O2. The van der Waals surface area contributed by atoms with Crippen molar-refractivity contribution in [3.05, 3.63) is 12.2 Å². The third-order valence-electron chi connectivity index (χ3n) is 5.45. The smallest absolute Gasteiger partial charge is 0.221 e. The van der Waals surface area contributed by atoms with Crippen LogP contribution in [0.25, 0.3) is 0 Å². The summed E-state index contributed by atoms with van der Waals surface area (Å²) in [7, 11) is 0. The van der Waals surface area contributed by atoms with Crippen molar-refractivity contribution in [3.63, 3.8) is 0 Å². The van der Waals surface area contributed by atoms with Crippen LogP contribution in [0.2, 0.25) is 0 Å². The van der Waals surface area contributed by atoms with Gasteiger partial charge in [0.2, 0.25) is 5.91 Å². The van der Waals surface area contributed by atoms with Crippen LogP contribution < -0.4 is 10.6 Å². The van der Waals surface area contributed by atoms with Gasteiger partial charge in [-0.15, -0.1) is 0 Å². The maximum atomic E-state index is 12.4. The fourth-order valence-electron chi connectivity index (χ4n) is 3.95. The number of unbranched alkanes of at least 4 members (excludes halogenated alkanes) is 2. The standard InChI is InChI=1S/C21H37N3O2/c1-2-3-4-11-20(25)16-18-9-7-10-19-17-21(26)23-14-6-5-12-22-13-8-15-24(18)19/h7,9,18-19,22H,2-6,8,10-17H2,1H3,(H,23,26). The van der Waals surface area contributed by atoms with Crippen molar-refractivity contribution < 1.29 is 9.59 Å². The second-order valence-corrected chi connectivity index (χ2v) is 7.69. The molecule has 0 aliphatic carbocycles. The van der Waals surface area contributed by atoms with E-state index >= 15 is 0 Å². The van der Waals surface area contributed by atoms with Crippen LogP contribution in [0, 0.1) is 0 Å². The van der Waals surface area contributed by atoms with Crippen molar-refractivity contribution in [3.8, 4) is 0 Å². The molecule has 0 aromatic carbocycles. The average Bonchev–Trinajstić information content (AvgIpc) is 2.63. The maximum absolute atomic E-state index is 12.4. The molecule has 2 rings (SSSR count). The molecule has 0 spiro atoms. The third kappa shape index (κ3) is 7.58. The Hall–Kier alpha value is -1.20. The maximum Gasteiger partial charge on any atom is 0.221 e. The summed E-state index contributed by atoms with van der Waals surface area (Å²) in [5, 5.41) is 6.56. The molecule has 1 saturated heterocycles. The number of carbonyl (C=O) groups is 2. The van der Waals surface area contributed by atoms with E-state index in [2.05, 4.69) is 34.6 Å². The van der Waals surface area contributed by atoms with E-state index in [0.29, 0.717) is 25.0 Å². The number of Topliss-reactive ketones (excluding diaryl/α,β-unsaturated/α-hetero) is 1. The molecule has 2 N–H and O–H groups in total. The van der Waals surface area contributed by atoms with Crippen LogP contribution in [0.1, 0.15) is 71.1 Å². The molecule has 5 heteroatoms. The van der Waals surface area contributed by atoms with E-state index < -0.39 is 0 Å². The number of carbonyl (C=O) groups excluding carboxylic acids is 2. The highest BCUT2D eigenvalue weighted by atomic mass is 16.1. The van der Waals surface area contributed by atoms with E-state index in [0.717, 1.165) is 71.1 Å². The predicted molar refractivity (Wildman–Crippen MR) is 106 cm³/mol. The molecule has 2 aliphatic rings. The normalized spacial score (nSPS) is 26.1. The molecule has 1 fully saturated rings. The molecule has 1 amide bonds. The van der Waals surface area contributed by atoms with Crippen molar-refractivity contribution in [1.29, 1.82) is 0 Å². The van der Waals surface area contributed by atoms with Crippen LogP contribution in [0.15, 0.2) is 12.2 Å². The van der Waals surface area contributed by atoms with Crippen LogP contribution >= 0.6 is 0 Å². The second-order valence-electron chi connectivity index (χ2n) is 7.69. The van der Waals surface area contributed by atoms with Gasteiger partial charge in [0.1, 0.15) is 5.78 Å². The first kappa shape index (κ1) is 21.1. The van der Waals surface area contributed by atoms with E-state index in [-0.39, 0.29) is 18.0 Å². The van der Waals surface area contributed by atoms with Crippen molar-refractivity contribution in [2.75, 3.05) is 26.2 Å². The summed E-state index contributed by atoms with van der Waals surface area (Å²) in [6.07, 6.45) is 13.6. The van der Waals surface area contributed by atoms with Gasteiger partial charge in [-0.25, -0.2) is 0 Å². The van der Waals surface area contributed by atoms with Crippen LogP contribution in [-0.2, 0) is 9.59 Å². The molecule has 26 heavy (non-hydrogen) atoms. The first-order valence-corrected chi connectivity index (χ1v) is 10.6. The van der Waals surface area contributed by atoms with Gasteiger partial charge in [-0.2, -0.15) is 0 Å². The molecule has 0 radical (unpaired) electrons. The number of nitrogens with one attached hydrogen (secondary N) is 2. The number of amides is 1. The molecule has 0 bridgehead atoms. The fourth-order valence-corrected chi connectivity index (χ4v) is 3.95. The van der Waals surface area contributed by atoms with E-state index in [1.807, 2.05) is 0 Å². The zero-order chi connectivity index (χ0) is 18.6.